The molecule has 5 heteroatoms. The first-order valence-electron chi connectivity index (χ1n) is 7.17. The van der Waals surface area contributed by atoms with Crippen molar-refractivity contribution in [3.63, 3.8) is 0 Å². The minimum Gasteiger partial charge on any atom is -0.385 e. The summed E-state index contributed by atoms with van der Waals surface area (Å²) < 4.78 is 0. The SMILES string of the molecule is Cc1cccc([N+](=O)[O-])c1NCCC(C)(O)c1ccccc1. The molecule has 0 aliphatic carbocycles. The normalized spacial score (nSPS) is 13.4. The molecule has 2 N–H and O–H groups in total. The number of benzene rings is 2. The van der Waals surface area contributed by atoms with E-state index in [0.29, 0.717) is 18.7 Å². The van der Waals surface area contributed by atoms with Crippen LogP contribution in [0.3, 0.4) is 0 Å². The molecule has 0 saturated heterocycles. The molecule has 1 unspecified atom stereocenters. The van der Waals surface area contributed by atoms with Crippen LogP contribution in [-0.2, 0) is 5.60 Å². The highest BCUT2D eigenvalue weighted by molar-refractivity contribution is 5.65. The lowest BCUT2D eigenvalue weighted by molar-refractivity contribution is -0.384. The molecule has 2 rings (SSSR count). The van der Waals surface area contributed by atoms with Gasteiger partial charge >= 0.3 is 0 Å². The molecular formula is C17H20N2O3. The Hall–Kier alpha value is -2.40. The van der Waals surface area contributed by atoms with Crippen molar-refractivity contribution >= 4 is 11.4 Å². The van der Waals surface area contributed by atoms with Gasteiger partial charge in [0.2, 0.25) is 0 Å². The van der Waals surface area contributed by atoms with Gasteiger partial charge in [-0.1, -0.05) is 42.5 Å². The third kappa shape index (κ3) is 3.62. The molecule has 0 aliphatic rings. The topological polar surface area (TPSA) is 75.4 Å². The van der Waals surface area contributed by atoms with E-state index >= 15 is 0 Å². The summed E-state index contributed by atoms with van der Waals surface area (Å²) >= 11 is 0. The van der Waals surface area contributed by atoms with E-state index in [0.717, 1.165) is 11.1 Å². The molecule has 0 heterocycles. The van der Waals surface area contributed by atoms with Gasteiger partial charge in [0.25, 0.3) is 5.69 Å². The predicted molar refractivity (Wildman–Crippen MR) is 87.0 cm³/mol. The number of nitro groups is 1. The molecule has 0 amide bonds. The van der Waals surface area contributed by atoms with E-state index < -0.39 is 10.5 Å². The van der Waals surface area contributed by atoms with E-state index in [1.165, 1.54) is 6.07 Å². The molecule has 0 fully saturated rings. The van der Waals surface area contributed by atoms with Gasteiger partial charge in [-0.15, -0.1) is 0 Å². The highest BCUT2D eigenvalue weighted by Gasteiger charge is 2.23. The zero-order chi connectivity index (χ0) is 16.2. The van der Waals surface area contributed by atoms with Crippen molar-refractivity contribution < 1.29 is 10.0 Å². The van der Waals surface area contributed by atoms with E-state index in [4.69, 9.17) is 0 Å². The molecule has 2 aromatic rings. The molecular weight excluding hydrogens is 280 g/mol. The average Bonchev–Trinajstić information content (AvgIpc) is 2.49. The summed E-state index contributed by atoms with van der Waals surface area (Å²) in [7, 11) is 0. The van der Waals surface area contributed by atoms with Crippen molar-refractivity contribution in [3.8, 4) is 0 Å². The van der Waals surface area contributed by atoms with Gasteiger partial charge in [0, 0.05) is 12.6 Å². The molecule has 5 nitrogen and oxygen atoms in total. The molecule has 0 aliphatic heterocycles. The van der Waals surface area contributed by atoms with Crippen LogP contribution in [0.25, 0.3) is 0 Å². The lowest BCUT2D eigenvalue weighted by atomic mass is 9.92. The van der Waals surface area contributed by atoms with Crippen LogP contribution in [-0.4, -0.2) is 16.6 Å². The second-order valence-electron chi connectivity index (χ2n) is 5.54. The van der Waals surface area contributed by atoms with Crippen molar-refractivity contribution in [2.75, 3.05) is 11.9 Å². The molecule has 2 aromatic carbocycles. The summed E-state index contributed by atoms with van der Waals surface area (Å²) in [5.74, 6) is 0. The van der Waals surface area contributed by atoms with Gasteiger partial charge < -0.3 is 10.4 Å². The fraction of sp³-hybridized carbons (Fsp3) is 0.294. The molecule has 0 radical (unpaired) electrons. The second kappa shape index (κ2) is 6.58. The lowest BCUT2D eigenvalue weighted by Crippen LogP contribution is -2.24. The number of nitro benzene ring substituents is 1. The highest BCUT2D eigenvalue weighted by atomic mass is 16.6. The Kier molecular flexibility index (Phi) is 4.78. The van der Waals surface area contributed by atoms with Crippen LogP contribution < -0.4 is 5.32 Å². The molecule has 0 bridgehead atoms. The number of anilines is 1. The largest absolute Gasteiger partial charge is 0.385 e. The Morgan fingerprint density at radius 2 is 1.86 bits per heavy atom. The minimum atomic E-state index is -0.980. The maximum atomic E-state index is 11.1. The van der Waals surface area contributed by atoms with Crippen molar-refractivity contribution in [1.82, 2.24) is 0 Å². The van der Waals surface area contributed by atoms with E-state index in [9.17, 15) is 15.2 Å². The lowest BCUT2D eigenvalue weighted by Gasteiger charge is -2.24. The summed E-state index contributed by atoms with van der Waals surface area (Å²) in [4.78, 5) is 10.7. The van der Waals surface area contributed by atoms with Crippen LogP contribution in [0.15, 0.2) is 48.5 Å². The number of hydrogen-bond acceptors (Lipinski definition) is 4. The quantitative estimate of drug-likeness (QED) is 0.631. The molecule has 116 valence electrons. The molecule has 1 atom stereocenters. The van der Waals surface area contributed by atoms with Crippen molar-refractivity contribution in [2.45, 2.75) is 25.9 Å². The van der Waals surface area contributed by atoms with E-state index in [-0.39, 0.29) is 5.69 Å². The third-order valence-electron chi connectivity index (χ3n) is 3.76. The second-order valence-corrected chi connectivity index (χ2v) is 5.54. The van der Waals surface area contributed by atoms with Crippen LogP contribution in [0.2, 0.25) is 0 Å². The zero-order valence-electron chi connectivity index (χ0n) is 12.7. The minimum absolute atomic E-state index is 0.0550. The van der Waals surface area contributed by atoms with Crippen LogP contribution in [0.1, 0.15) is 24.5 Å². The summed E-state index contributed by atoms with van der Waals surface area (Å²) in [6.07, 6.45) is 0.447. The number of para-hydroxylation sites is 1. The number of nitrogens with zero attached hydrogens (tertiary/aromatic N) is 1. The van der Waals surface area contributed by atoms with Crippen molar-refractivity contribution in [3.05, 3.63) is 69.8 Å². The first kappa shape index (κ1) is 16.0. The summed E-state index contributed by atoms with van der Waals surface area (Å²) in [6, 6.07) is 14.4. The summed E-state index contributed by atoms with van der Waals surface area (Å²) in [5.41, 5.74) is 1.23. The fourth-order valence-electron chi connectivity index (χ4n) is 2.41. The maximum absolute atomic E-state index is 11.1. The maximum Gasteiger partial charge on any atom is 0.292 e. The Bertz CT molecular complexity index is 654. The number of nitrogens with one attached hydrogen (secondary N) is 1. The van der Waals surface area contributed by atoms with Crippen LogP contribution in [0.4, 0.5) is 11.4 Å². The smallest absolute Gasteiger partial charge is 0.292 e. The number of aliphatic hydroxyl groups is 1. The van der Waals surface area contributed by atoms with Crippen molar-refractivity contribution in [1.29, 1.82) is 0 Å². The monoisotopic (exact) mass is 300 g/mol. The van der Waals surface area contributed by atoms with Gasteiger partial charge in [-0.3, -0.25) is 10.1 Å². The van der Waals surface area contributed by atoms with Crippen molar-refractivity contribution in [2.24, 2.45) is 0 Å². The Balaban J connectivity index is 2.07. The number of aryl methyl sites for hydroxylation is 1. The molecule has 0 saturated carbocycles. The van der Waals surface area contributed by atoms with E-state index in [1.54, 1.807) is 13.0 Å². The Morgan fingerprint density at radius 3 is 2.50 bits per heavy atom. The first-order chi connectivity index (χ1) is 10.4. The number of hydrogen-bond donors (Lipinski definition) is 2. The standard InChI is InChI=1S/C17H20N2O3/c1-13-7-6-10-15(19(21)22)16(13)18-12-11-17(2,20)14-8-4-3-5-9-14/h3-10,18,20H,11-12H2,1-2H3. The van der Waals surface area contributed by atoms with Gasteiger partial charge in [0.05, 0.1) is 10.5 Å². The highest BCUT2D eigenvalue weighted by Crippen LogP contribution is 2.29. The Labute approximate surface area is 129 Å². The van der Waals surface area contributed by atoms with Crippen LogP contribution in [0, 0.1) is 17.0 Å². The van der Waals surface area contributed by atoms with Gasteiger partial charge in [-0.05, 0) is 31.4 Å². The fourth-order valence-corrected chi connectivity index (χ4v) is 2.41. The van der Waals surface area contributed by atoms with Gasteiger partial charge in [0.15, 0.2) is 0 Å². The van der Waals surface area contributed by atoms with Gasteiger partial charge in [0.1, 0.15) is 5.69 Å². The molecule has 0 aromatic heterocycles. The molecule has 0 spiro atoms. The molecule has 22 heavy (non-hydrogen) atoms. The van der Waals surface area contributed by atoms with E-state index in [1.807, 2.05) is 43.3 Å². The zero-order valence-corrected chi connectivity index (χ0v) is 12.7. The van der Waals surface area contributed by atoms with Gasteiger partial charge in [-0.25, -0.2) is 0 Å². The van der Waals surface area contributed by atoms with Gasteiger partial charge in [-0.2, -0.15) is 0 Å². The van der Waals surface area contributed by atoms with E-state index in [2.05, 4.69) is 5.32 Å². The summed E-state index contributed by atoms with van der Waals surface area (Å²) in [6.45, 7) is 4.01. The number of rotatable bonds is 6. The predicted octanol–water partition coefficient (Wildman–Crippen LogP) is 3.61. The third-order valence-corrected chi connectivity index (χ3v) is 3.76. The average molecular weight is 300 g/mol. The Morgan fingerprint density at radius 1 is 1.18 bits per heavy atom. The summed E-state index contributed by atoms with van der Waals surface area (Å²) in [5, 5.41) is 24.7. The van der Waals surface area contributed by atoms with Crippen LogP contribution in [0.5, 0.6) is 0 Å². The first-order valence-corrected chi connectivity index (χ1v) is 7.17. The van der Waals surface area contributed by atoms with Crippen LogP contribution >= 0.6 is 0 Å².